The molecule has 1 atom stereocenters. The third kappa shape index (κ3) is 2.12. The van der Waals surface area contributed by atoms with E-state index in [9.17, 15) is 0 Å². The van der Waals surface area contributed by atoms with E-state index in [1.165, 1.54) is 5.56 Å². The quantitative estimate of drug-likeness (QED) is 0.781. The van der Waals surface area contributed by atoms with Gasteiger partial charge in [0.05, 0.1) is 6.04 Å². The van der Waals surface area contributed by atoms with Crippen LogP contribution in [0.2, 0.25) is 0 Å². The second-order valence-corrected chi connectivity index (χ2v) is 3.70. The van der Waals surface area contributed by atoms with Crippen molar-refractivity contribution in [3.05, 3.63) is 33.8 Å². The first-order valence-electron chi connectivity index (χ1n) is 4.09. The van der Waals surface area contributed by atoms with Crippen molar-refractivity contribution in [2.75, 3.05) is 7.05 Å². The molecule has 1 unspecified atom stereocenters. The van der Waals surface area contributed by atoms with E-state index in [0.717, 1.165) is 10.0 Å². The van der Waals surface area contributed by atoms with E-state index in [-0.39, 0.29) is 6.04 Å². The molecule has 68 valence electrons. The fourth-order valence-electron chi connectivity index (χ4n) is 1.27. The highest BCUT2D eigenvalue weighted by molar-refractivity contribution is 9.10. The number of nitrogens with one attached hydrogen (secondary N) is 1. The van der Waals surface area contributed by atoms with Crippen LogP contribution in [0, 0.1) is 19.3 Å². The number of halogens is 1. The first-order valence-corrected chi connectivity index (χ1v) is 4.88. The van der Waals surface area contributed by atoms with Crippen LogP contribution >= 0.6 is 15.9 Å². The third-order valence-electron chi connectivity index (χ3n) is 2.08. The highest BCUT2D eigenvalue weighted by Crippen LogP contribution is 2.23. The van der Waals surface area contributed by atoms with Crippen LogP contribution in [0.1, 0.15) is 17.2 Å². The lowest BCUT2D eigenvalue weighted by atomic mass is 10.0. The van der Waals surface area contributed by atoms with Crippen LogP contribution < -0.4 is 5.32 Å². The van der Waals surface area contributed by atoms with Crippen LogP contribution in [0.15, 0.2) is 22.7 Å². The van der Waals surface area contributed by atoms with E-state index in [2.05, 4.69) is 34.1 Å². The summed E-state index contributed by atoms with van der Waals surface area (Å²) in [6.07, 6.45) is 5.41. The van der Waals surface area contributed by atoms with Crippen molar-refractivity contribution < 1.29 is 0 Å². The van der Waals surface area contributed by atoms with Gasteiger partial charge in [0.25, 0.3) is 0 Å². The molecule has 0 saturated heterocycles. The van der Waals surface area contributed by atoms with E-state index < -0.39 is 0 Å². The Bertz CT molecular complexity index is 338. The lowest BCUT2D eigenvalue weighted by Gasteiger charge is -2.13. The van der Waals surface area contributed by atoms with Gasteiger partial charge >= 0.3 is 0 Å². The predicted molar refractivity (Wildman–Crippen MR) is 59.5 cm³/mol. The van der Waals surface area contributed by atoms with Crippen molar-refractivity contribution in [1.29, 1.82) is 0 Å². The molecule has 0 saturated carbocycles. The average Bonchev–Trinajstić information content (AvgIpc) is 2.14. The Morgan fingerprint density at radius 1 is 1.54 bits per heavy atom. The lowest BCUT2D eigenvalue weighted by molar-refractivity contribution is 0.731. The van der Waals surface area contributed by atoms with Crippen molar-refractivity contribution in [1.82, 2.24) is 5.32 Å². The van der Waals surface area contributed by atoms with Gasteiger partial charge in [-0.1, -0.05) is 34.0 Å². The zero-order chi connectivity index (χ0) is 9.84. The molecular weight excluding hydrogens is 226 g/mol. The van der Waals surface area contributed by atoms with Gasteiger partial charge in [0, 0.05) is 4.47 Å². The van der Waals surface area contributed by atoms with Crippen molar-refractivity contribution >= 4 is 15.9 Å². The van der Waals surface area contributed by atoms with Gasteiger partial charge in [-0.25, -0.2) is 0 Å². The monoisotopic (exact) mass is 237 g/mol. The van der Waals surface area contributed by atoms with Crippen molar-refractivity contribution in [2.45, 2.75) is 13.0 Å². The van der Waals surface area contributed by atoms with Gasteiger partial charge in [0.15, 0.2) is 0 Å². The first-order chi connectivity index (χ1) is 6.20. The molecule has 0 aliphatic heterocycles. The maximum atomic E-state index is 5.41. The SMILES string of the molecule is C#CC(NC)c1cccc(Br)c1C. The van der Waals surface area contributed by atoms with Gasteiger partial charge in [-0.2, -0.15) is 0 Å². The molecule has 0 aromatic heterocycles. The normalized spacial score (nSPS) is 12.2. The summed E-state index contributed by atoms with van der Waals surface area (Å²) in [7, 11) is 1.87. The Kier molecular flexibility index (Phi) is 3.53. The van der Waals surface area contributed by atoms with Crippen LogP contribution in [-0.4, -0.2) is 7.05 Å². The van der Waals surface area contributed by atoms with E-state index >= 15 is 0 Å². The Morgan fingerprint density at radius 3 is 2.77 bits per heavy atom. The number of rotatable bonds is 2. The molecule has 0 radical (unpaired) electrons. The van der Waals surface area contributed by atoms with Crippen LogP contribution in [-0.2, 0) is 0 Å². The van der Waals surface area contributed by atoms with Crippen LogP contribution in [0.3, 0.4) is 0 Å². The second-order valence-electron chi connectivity index (χ2n) is 2.84. The zero-order valence-corrected chi connectivity index (χ0v) is 9.35. The topological polar surface area (TPSA) is 12.0 Å². The molecule has 1 aromatic rings. The van der Waals surface area contributed by atoms with Crippen molar-refractivity contribution in [3.8, 4) is 12.3 Å². The Labute approximate surface area is 87.7 Å². The molecule has 1 nitrogen and oxygen atoms in total. The molecule has 13 heavy (non-hydrogen) atoms. The van der Waals surface area contributed by atoms with Gasteiger partial charge in [0.1, 0.15) is 0 Å². The van der Waals surface area contributed by atoms with E-state index in [4.69, 9.17) is 6.42 Å². The molecule has 0 aliphatic carbocycles. The second kappa shape index (κ2) is 4.45. The fourth-order valence-corrected chi connectivity index (χ4v) is 1.65. The van der Waals surface area contributed by atoms with Crippen LogP contribution in [0.25, 0.3) is 0 Å². The molecule has 1 N–H and O–H groups in total. The van der Waals surface area contributed by atoms with Gasteiger partial charge < -0.3 is 5.32 Å². The summed E-state index contributed by atoms with van der Waals surface area (Å²) in [6.45, 7) is 2.06. The number of benzene rings is 1. The number of hydrogen-bond donors (Lipinski definition) is 1. The van der Waals surface area contributed by atoms with Crippen molar-refractivity contribution in [3.63, 3.8) is 0 Å². The van der Waals surface area contributed by atoms with Crippen LogP contribution in [0.5, 0.6) is 0 Å². The highest BCUT2D eigenvalue weighted by atomic mass is 79.9. The summed E-state index contributed by atoms with van der Waals surface area (Å²) in [6, 6.07) is 6.05. The predicted octanol–water partition coefficient (Wildman–Crippen LogP) is 2.65. The van der Waals surface area contributed by atoms with E-state index in [1.54, 1.807) is 0 Å². The molecule has 0 fully saturated rings. The summed E-state index contributed by atoms with van der Waals surface area (Å²) in [5.41, 5.74) is 2.35. The number of terminal acetylenes is 1. The summed E-state index contributed by atoms with van der Waals surface area (Å²) < 4.78 is 1.10. The minimum atomic E-state index is -0.00231. The highest BCUT2D eigenvalue weighted by Gasteiger charge is 2.09. The molecule has 0 bridgehead atoms. The minimum absolute atomic E-state index is 0.00231. The maximum Gasteiger partial charge on any atom is 0.0943 e. The Hall–Kier alpha value is -0.780. The molecule has 1 aromatic carbocycles. The third-order valence-corrected chi connectivity index (χ3v) is 2.94. The van der Waals surface area contributed by atoms with Crippen LogP contribution in [0.4, 0.5) is 0 Å². The zero-order valence-electron chi connectivity index (χ0n) is 7.76. The largest absolute Gasteiger partial charge is 0.303 e. The average molecular weight is 238 g/mol. The van der Waals surface area contributed by atoms with Gasteiger partial charge in [0.2, 0.25) is 0 Å². The van der Waals surface area contributed by atoms with Gasteiger partial charge in [-0.15, -0.1) is 6.42 Å². The van der Waals surface area contributed by atoms with Gasteiger partial charge in [-0.3, -0.25) is 0 Å². The molecule has 0 aliphatic rings. The maximum absolute atomic E-state index is 5.41. The summed E-state index contributed by atoms with van der Waals surface area (Å²) in [4.78, 5) is 0. The molecule has 1 rings (SSSR count). The molecule has 2 heteroatoms. The van der Waals surface area contributed by atoms with Gasteiger partial charge in [-0.05, 0) is 31.2 Å². The molecule has 0 amide bonds. The van der Waals surface area contributed by atoms with Crippen molar-refractivity contribution in [2.24, 2.45) is 0 Å². The summed E-state index contributed by atoms with van der Waals surface area (Å²) in [5.74, 6) is 2.70. The standard InChI is InChI=1S/C11H12BrN/c1-4-11(13-3)9-6-5-7-10(12)8(9)2/h1,5-7,11,13H,2-3H3. The van der Waals surface area contributed by atoms with E-state index in [1.807, 2.05) is 25.2 Å². The minimum Gasteiger partial charge on any atom is -0.303 e. The molecule has 0 heterocycles. The number of hydrogen-bond acceptors (Lipinski definition) is 1. The summed E-state index contributed by atoms with van der Waals surface area (Å²) >= 11 is 3.48. The lowest BCUT2D eigenvalue weighted by Crippen LogP contribution is -2.15. The Morgan fingerprint density at radius 2 is 2.23 bits per heavy atom. The molecular formula is C11H12BrN. The van der Waals surface area contributed by atoms with E-state index in [0.29, 0.717) is 0 Å². The fraction of sp³-hybridized carbons (Fsp3) is 0.273. The molecule has 0 spiro atoms. The summed E-state index contributed by atoms with van der Waals surface area (Å²) in [5, 5.41) is 3.08. The Balaban J connectivity index is 3.15. The first kappa shape index (κ1) is 10.3. The smallest absolute Gasteiger partial charge is 0.0943 e.